The van der Waals surface area contributed by atoms with E-state index in [9.17, 15) is 0 Å². The highest BCUT2D eigenvalue weighted by Crippen LogP contribution is 2.49. The maximum absolute atomic E-state index is 5.75. The number of hydrogen-bond acceptors (Lipinski definition) is 4. The highest BCUT2D eigenvalue weighted by molar-refractivity contribution is 8.32. The minimum Gasteiger partial charge on any atom is -0.480 e. The van der Waals surface area contributed by atoms with Gasteiger partial charge in [-0.3, -0.25) is 0 Å². The molecule has 37 heavy (non-hydrogen) atoms. The molecule has 2 aromatic carbocycles. The van der Waals surface area contributed by atoms with Crippen molar-refractivity contribution in [1.82, 2.24) is 0 Å². The quantitative estimate of drug-likeness (QED) is 0.328. The van der Waals surface area contributed by atoms with Gasteiger partial charge in [0.05, 0.1) is 13.2 Å². The van der Waals surface area contributed by atoms with E-state index in [-0.39, 0.29) is 6.04 Å². The summed E-state index contributed by atoms with van der Waals surface area (Å²) in [5, 5.41) is 0. The van der Waals surface area contributed by atoms with Crippen molar-refractivity contribution in [2.24, 2.45) is 9.98 Å². The lowest BCUT2D eigenvalue weighted by Gasteiger charge is -2.32. The van der Waals surface area contributed by atoms with Crippen molar-refractivity contribution in [1.29, 1.82) is 0 Å². The van der Waals surface area contributed by atoms with E-state index < -0.39 is 10.0 Å². The maximum Gasteiger partial charge on any atom is 0.209 e. The molecule has 0 spiro atoms. The second kappa shape index (κ2) is 18.1. The Morgan fingerprint density at radius 2 is 1.41 bits per heavy atom. The standard InChI is InChI=1S/C27H38N2O2S.C3H8.C2H6/c1-6-30-26-20-28-27(31-7-2)25(29-26)19-23-14-16-24(17-15-23)32(4,5)18-8-9-22-12-10-21(3)11-13-22;1-3-2;1-2/h10-17,25H,6-9,18-20H2,1-5H3;3H2,1-2H3;1-2H3. The van der Waals surface area contributed by atoms with Gasteiger partial charge >= 0.3 is 0 Å². The lowest BCUT2D eigenvalue weighted by atomic mass is 10.1. The fourth-order valence-corrected chi connectivity index (χ4v) is 5.89. The Labute approximate surface area is 229 Å². The van der Waals surface area contributed by atoms with Gasteiger partial charge in [0.2, 0.25) is 11.8 Å². The van der Waals surface area contributed by atoms with Crippen molar-refractivity contribution in [3.63, 3.8) is 0 Å². The number of rotatable bonds is 9. The molecule has 4 nitrogen and oxygen atoms in total. The molecule has 0 bridgehead atoms. The Morgan fingerprint density at radius 1 is 0.838 bits per heavy atom. The zero-order valence-electron chi connectivity index (χ0n) is 25.0. The van der Waals surface area contributed by atoms with Crippen LogP contribution in [0.3, 0.4) is 0 Å². The molecule has 1 aliphatic heterocycles. The molecule has 0 radical (unpaired) electrons. The summed E-state index contributed by atoms with van der Waals surface area (Å²) in [6.07, 6.45) is 9.25. The fourth-order valence-electron chi connectivity index (χ4n) is 3.92. The molecule has 208 valence electrons. The molecule has 0 saturated carbocycles. The smallest absolute Gasteiger partial charge is 0.209 e. The molecule has 0 aliphatic carbocycles. The zero-order valence-corrected chi connectivity index (χ0v) is 25.8. The number of ether oxygens (including phenoxy) is 2. The summed E-state index contributed by atoms with van der Waals surface area (Å²) < 4.78 is 11.4. The SMILES string of the molecule is CC.CCC.CCOC1=NC(Cc2ccc(S(C)(C)CCCc3ccc(C)cc3)cc2)C(OCC)=NC1. The molecule has 3 rings (SSSR count). The lowest BCUT2D eigenvalue weighted by Crippen LogP contribution is -2.31. The first-order valence-electron chi connectivity index (χ1n) is 14.0. The van der Waals surface area contributed by atoms with Crippen LogP contribution < -0.4 is 0 Å². The fraction of sp³-hybridized carbons (Fsp3) is 0.562. The first kappa shape index (κ1) is 32.8. The Hall–Kier alpha value is -2.27. The van der Waals surface area contributed by atoms with E-state index in [2.05, 4.69) is 86.8 Å². The van der Waals surface area contributed by atoms with Crippen molar-refractivity contribution >= 4 is 21.8 Å². The van der Waals surface area contributed by atoms with E-state index in [4.69, 9.17) is 14.5 Å². The van der Waals surface area contributed by atoms with Crippen molar-refractivity contribution in [3.05, 3.63) is 65.2 Å². The van der Waals surface area contributed by atoms with Crippen LogP contribution in [0.4, 0.5) is 0 Å². The van der Waals surface area contributed by atoms with E-state index in [1.54, 1.807) is 0 Å². The van der Waals surface area contributed by atoms with Gasteiger partial charge in [-0.2, -0.15) is 0 Å². The average molecular weight is 529 g/mol. The number of aliphatic imine (C=N–C) groups is 2. The summed E-state index contributed by atoms with van der Waals surface area (Å²) in [6, 6.07) is 18.0. The van der Waals surface area contributed by atoms with Crippen molar-refractivity contribution in [2.45, 2.75) is 85.1 Å². The van der Waals surface area contributed by atoms with Gasteiger partial charge in [-0.25, -0.2) is 20.0 Å². The van der Waals surface area contributed by atoms with Crippen molar-refractivity contribution < 1.29 is 9.47 Å². The first-order chi connectivity index (χ1) is 17.8. The van der Waals surface area contributed by atoms with Gasteiger partial charge < -0.3 is 9.47 Å². The van der Waals surface area contributed by atoms with Gasteiger partial charge in [0.15, 0.2) is 0 Å². The number of benzene rings is 2. The van der Waals surface area contributed by atoms with Gasteiger partial charge in [-0.1, -0.05) is 76.1 Å². The molecule has 0 saturated heterocycles. The van der Waals surface area contributed by atoms with Crippen LogP contribution in [-0.2, 0) is 22.3 Å². The minimum atomic E-state index is -0.820. The molecular formula is C32H52N2O2S. The Bertz CT molecular complexity index is 934. The minimum absolute atomic E-state index is 0.106. The number of aryl methyl sites for hydroxylation is 2. The molecule has 1 aliphatic rings. The van der Waals surface area contributed by atoms with Gasteiger partial charge in [-0.05, 0) is 80.0 Å². The Morgan fingerprint density at radius 3 is 1.97 bits per heavy atom. The van der Waals surface area contributed by atoms with Crippen LogP contribution in [0.15, 0.2) is 63.4 Å². The molecule has 0 N–H and O–H groups in total. The van der Waals surface area contributed by atoms with Crippen LogP contribution in [0.1, 0.15) is 71.1 Å². The van der Waals surface area contributed by atoms with Crippen LogP contribution in [0.2, 0.25) is 0 Å². The Kier molecular flexibility index (Phi) is 16.0. The van der Waals surface area contributed by atoms with Crippen molar-refractivity contribution in [3.8, 4) is 0 Å². The number of hydrogen-bond donors (Lipinski definition) is 0. The van der Waals surface area contributed by atoms with E-state index >= 15 is 0 Å². The van der Waals surface area contributed by atoms with Crippen LogP contribution in [-0.4, -0.2) is 55.9 Å². The molecule has 5 heteroatoms. The summed E-state index contributed by atoms with van der Waals surface area (Å²) in [5.74, 6) is 2.67. The highest BCUT2D eigenvalue weighted by Gasteiger charge is 2.23. The van der Waals surface area contributed by atoms with Gasteiger partial charge in [0.25, 0.3) is 0 Å². The highest BCUT2D eigenvalue weighted by atomic mass is 32.3. The largest absolute Gasteiger partial charge is 0.480 e. The second-order valence-electron chi connectivity index (χ2n) is 9.45. The van der Waals surface area contributed by atoms with Gasteiger partial charge in [0, 0.05) is 6.42 Å². The van der Waals surface area contributed by atoms with Crippen LogP contribution in [0, 0.1) is 6.92 Å². The maximum atomic E-state index is 5.75. The molecule has 0 fully saturated rings. The third-order valence-corrected chi connectivity index (χ3v) is 8.65. The van der Waals surface area contributed by atoms with Crippen molar-refractivity contribution in [2.75, 3.05) is 38.0 Å². The topological polar surface area (TPSA) is 43.2 Å². The van der Waals surface area contributed by atoms with Crippen LogP contribution in [0.25, 0.3) is 0 Å². The van der Waals surface area contributed by atoms with Crippen LogP contribution >= 0.6 is 10.0 Å². The average Bonchev–Trinajstić information content (AvgIpc) is 2.89. The summed E-state index contributed by atoms with van der Waals surface area (Å²) in [6.45, 7) is 16.0. The predicted molar refractivity (Wildman–Crippen MR) is 166 cm³/mol. The van der Waals surface area contributed by atoms with E-state index in [0.29, 0.717) is 25.7 Å². The van der Waals surface area contributed by atoms with Gasteiger partial charge in [0.1, 0.15) is 12.6 Å². The molecule has 1 unspecified atom stereocenters. The van der Waals surface area contributed by atoms with Crippen LogP contribution in [0.5, 0.6) is 0 Å². The third kappa shape index (κ3) is 11.8. The molecule has 1 atom stereocenters. The number of nitrogens with zero attached hydrogens (tertiary/aromatic N) is 2. The van der Waals surface area contributed by atoms with Gasteiger partial charge in [-0.15, -0.1) is 0 Å². The van der Waals surface area contributed by atoms with E-state index in [1.807, 2.05) is 27.7 Å². The normalized spacial score (nSPS) is 15.2. The monoisotopic (exact) mass is 528 g/mol. The molecule has 2 aromatic rings. The lowest BCUT2D eigenvalue weighted by molar-refractivity contribution is 0.293. The summed E-state index contributed by atoms with van der Waals surface area (Å²) in [4.78, 5) is 10.8. The van der Waals surface area contributed by atoms with E-state index in [0.717, 1.165) is 18.7 Å². The summed E-state index contributed by atoms with van der Waals surface area (Å²) in [7, 11) is -0.820. The summed E-state index contributed by atoms with van der Waals surface area (Å²) >= 11 is 0. The second-order valence-corrected chi connectivity index (χ2v) is 13.4. The molecular weight excluding hydrogens is 476 g/mol. The predicted octanol–water partition coefficient (Wildman–Crippen LogP) is 8.29. The third-order valence-electron chi connectivity index (χ3n) is 5.79. The first-order valence-corrected chi connectivity index (χ1v) is 16.7. The zero-order chi connectivity index (χ0) is 27.7. The molecule has 0 amide bonds. The molecule has 1 heterocycles. The Balaban J connectivity index is 0.00000127. The summed E-state index contributed by atoms with van der Waals surface area (Å²) in [5.41, 5.74) is 4.02. The van der Waals surface area contributed by atoms with E-state index in [1.165, 1.54) is 40.2 Å². The molecule has 0 aromatic heterocycles.